The van der Waals surface area contributed by atoms with Crippen molar-refractivity contribution < 1.29 is 79.2 Å². The number of oxime groups is 1. The number of hydrogen-bond acceptors (Lipinski definition) is 20. The molecule has 2 aliphatic heterocycles. The minimum atomic E-state index is -4.07. The van der Waals surface area contributed by atoms with Crippen LogP contribution in [-0.2, 0) is 76.7 Å². The zero-order valence-corrected chi connectivity index (χ0v) is 61.6. The Morgan fingerprint density at radius 3 is 1.95 bits per heavy atom. The third kappa shape index (κ3) is 19.2. The summed E-state index contributed by atoms with van der Waals surface area (Å²) < 4.78 is 87.9. The van der Waals surface area contributed by atoms with Gasteiger partial charge in [0.25, 0.3) is 27.4 Å². The van der Waals surface area contributed by atoms with E-state index >= 15 is 0 Å². The molecule has 11 rings (SSSR count). The van der Waals surface area contributed by atoms with Crippen LogP contribution in [-0.4, -0.2) is 129 Å². The van der Waals surface area contributed by atoms with Gasteiger partial charge in [-0.05, 0) is 180 Å². The number of rotatable bonds is 19. The Hall–Kier alpha value is -9.80. The van der Waals surface area contributed by atoms with Crippen molar-refractivity contribution in [2.45, 2.75) is 123 Å². The molecule has 1 atom stereocenters. The zero-order valence-electron chi connectivity index (χ0n) is 58.5. The van der Waals surface area contributed by atoms with E-state index in [2.05, 4.69) is 53.2 Å². The van der Waals surface area contributed by atoms with Crippen molar-refractivity contribution in [2.75, 3.05) is 40.3 Å². The van der Waals surface area contributed by atoms with Gasteiger partial charge in [0.2, 0.25) is 11.8 Å². The second kappa shape index (κ2) is 33.8. The molecule has 3 aliphatic rings. The molecule has 0 spiro atoms. The lowest BCUT2D eigenvalue weighted by molar-refractivity contribution is -0.148. The van der Waals surface area contributed by atoms with Gasteiger partial charge >= 0.3 is 11.9 Å². The van der Waals surface area contributed by atoms with Crippen LogP contribution in [0.3, 0.4) is 0 Å². The maximum Gasteiger partial charge on any atom is 0.346 e. The Morgan fingerprint density at radius 2 is 1.39 bits per heavy atom. The number of carbonyl (C=O) groups is 5. The van der Waals surface area contributed by atoms with Crippen molar-refractivity contribution in [3.8, 4) is 45.9 Å². The van der Waals surface area contributed by atoms with Crippen LogP contribution in [0.2, 0.25) is 10.0 Å². The number of para-hydroxylation sites is 1. The van der Waals surface area contributed by atoms with Crippen LogP contribution in [0, 0.1) is 19.3 Å². The number of carbonyl (C=O) groups excluding carboxylic acids is 5. The summed E-state index contributed by atoms with van der Waals surface area (Å²) in [6.45, 7) is 17.2. The molecule has 1 saturated carbocycles. The Kier molecular flexibility index (Phi) is 25.8. The van der Waals surface area contributed by atoms with Gasteiger partial charge in [-0.25, -0.2) is 40.4 Å². The predicted molar refractivity (Wildman–Crippen MR) is 383 cm³/mol. The lowest BCUT2D eigenvalue weighted by atomic mass is 9.91. The van der Waals surface area contributed by atoms with Crippen molar-refractivity contribution in [1.29, 1.82) is 0 Å². The minimum absolute atomic E-state index is 0.0493. The Bertz CT molecular complexity index is 4740. The molecular formula is C73H81Cl2N7O18S2. The van der Waals surface area contributed by atoms with E-state index in [-0.39, 0.29) is 61.6 Å². The number of ether oxygens (including phenoxy) is 6. The fourth-order valence-corrected chi connectivity index (χ4v) is 13.0. The second-order valence-corrected chi connectivity index (χ2v) is 29.3. The molecule has 542 valence electrons. The van der Waals surface area contributed by atoms with Crippen LogP contribution in [0.4, 0.5) is 0 Å². The third-order valence-electron chi connectivity index (χ3n) is 16.2. The van der Waals surface area contributed by atoms with Gasteiger partial charge in [-0.1, -0.05) is 72.0 Å². The number of halogens is 2. The molecule has 4 heterocycles. The molecular weight excluding hydrogens is 1400 g/mol. The highest BCUT2D eigenvalue weighted by Crippen LogP contribution is 2.38. The number of methoxy groups -OCH3 is 2. The first-order valence-electron chi connectivity index (χ1n) is 32.4. The number of hydrogen-bond donors (Lipinski definition) is 3. The number of benzene rings is 6. The maximum absolute atomic E-state index is 13.5. The van der Waals surface area contributed by atoms with Crippen molar-refractivity contribution >= 4 is 78.3 Å². The summed E-state index contributed by atoms with van der Waals surface area (Å²) in [5.74, 6) is -0.282. The van der Waals surface area contributed by atoms with Crippen LogP contribution in [0.1, 0.15) is 125 Å². The highest BCUT2D eigenvalue weighted by atomic mass is 35.5. The zero-order chi connectivity index (χ0) is 74.5. The van der Waals surface area contributed by atoms with Crippen LogP contribution in [0.5, 0.6) is 34.8 Å². The van der Waals surface area contributed by atoms with E-state index in [0.717, 1.165) is 48.6 Å². The smallest absolute Gasteiger partial charge is 0.346 e. The average Bonchev–Trinajstić information content (AvgIpc) is 1.57. The van der Waals surface area contributed by atoms with Gasteiger partial charge in [-0.3, -0.25) is 24.0 Å². The van der Waals surface area contributed by atoms with E-state index in [4.69, 9.17) is 51.7 Å². The quantitative estimate of drug-likeness (QED) is 0.0500. The number of sulfonamides is 1. The Labute approximate surface area is 601 Å². The number of sulfone groups is 1. The molecule has 1 fully saturated rings. The van der Waals surface area contributed by atoms with Gasteiger partial charge in [0.05, 0.1) is 78.2 Å². The summed E-state index contributed by atoms with van der Waals surface area (Å²) in [5.41, 5.74) is 6.14. The van der Waals surface area contributed by atoms with Crippen molar-refractivity contribution in [3.05, 3.63) is 192 Å². The van der Waals surface area contributed by atoms with E-state index in [1.807, 2.05) is 25.5 Å². The lowest BCUT2D eigenvalue weighted by Crippen LogP contribution is -2.31. The predicted octanol–water partition coefficient (Wildman–Crippen LogP) is 11.4. The summed E-state index contributed by atoms with van der Waals surface area (Å²) in [5, 5.41) is 21.5. The summed E-state index contributed by atoms with van der Waals surface area (Å²) in [6, 6.07) is 30.8. The lowest BCUT2D eigenvalue weighted by Gasteiger charge is -2.19. The third-order valence-corrected chi connectivity index (χ3v) is 19.2. The number of aromatic hydroxyl groups is 1. The van der Waals surface area contributed by atoms with E-state index < -0.39 is 49.0 Å². The van der Waals surface area contributed by atoms with Crippen molar-refractivity contribution in [2.24, 2.45) is 17.6 Å². The monoisotopic (exact) mass is 1480 g/mol. The topological polar surface area (TPSA) is 320 Å². The second-order valence-electron chi connectivity index (χ2n) is 24.8. The van der Waals surface area contributed by atoms with E-state index in [0.29, 0.717) is 100 Å². The van der Waals surface area contributed by atoms with Crippen LogP contribution < -0.4 is 34.5 Å². The number of ketones is 1. The number of aryl methyl sites for hydroxylation is 4. The van der Waals surface area contributed by atoms with Crippen molar-refractivity contribution in [1.82, 2.24) is 29.2 Å². The van der Waals surface area contributed by atoms with Gasteiger partial charge in [0.15, 0.2) is 21.7 Å². The first kappa shape index (κ1) is 77.9. The van der Waals surface area contributed by atoms with Crippen LogP contribution in [0.15, 0.2) is 141 Å². The van der Waals surface area contributed by atoms with Gasteiger partial charge in [-0.2, -0.15) is 5.10 Å². The number of fused-ring (bicyclic) bond motifs is 1. The molecule has 2 aromatic heterocycles. The average molecular weight is 1480 g/mol. The minimum Gasteiger partial charge on any atom is -0.496 e. The molecule has 29 heteroatoms. The van der Waals surface area contributed by atoms with Gasteiger partial charge in [0.1, 0.15) is 40.7 Å². The highest BCUT2D eigenvalue weighted by Gasteiger charge is 2.34. The molecule has 102 heavy (non-hydrogen) atoms. The molecule has 8 aromatic rings. The largest absolute Gasteiger partial charge is 0.496 e. The normalized spacial score (nSPS) is 13.6. The molecule has 1 unspecified atom stereocenters. The molecule has 0 bridgehead atoms. The number of nitrogens with zero attached hydrogens (tertiary/aromatic N) is 5. The fraction of sp³-hybridized carbons (Fsp3) is 0.342. The number of amides is 2. The molecule has 3 N–H and O–H groups in total. The van der Waals surface area contributed by atoms with Gasteiger partial charge < -0.3 is 43.7 Å². The van der Waals surface area contributed by atoms with E-state index in [9.17, 15) is 50.7 Å². The standard InChI is InChI=1S/C23H32N2O4.C18H18N2O5S.C16H14Cl2O4.C16H17N3O5S/c1-7-16-13-15(3)14-17(8-2)18(16)19-20(26)24-9-11-28-12-10-25(24)21(19)29-22(27)23(4,5)6;1-25-16-5-3-2-4-15(16)18(22)20-26(23,24)14-10-6-12(7-11-14)17(21)19-13-8-9-13;1-10(16(19)20-2)21-12-4-6-13(7-5-12)22-15-8-3-11(17)9-14(15)18;1-9-10(15(20)11-8-17-19(2)16(11)21)4-5-13(25(3,22)23)14(9)12-6-7-24-18-12/h13-14H,7-12H2,1-6H3;2-7,10-11,13H,8-9H2,1H3,(H,19,21)(H,20,22);3-10H,1-2H3;4-5,8,21H,6-7H2,1-3H3. The van der Waals surface area contributed by atoms with Crippen LogP contribution in [0.25, 0.3) is 11.1 Å². The Balaban J connectivity index is 0.000000173. The molecule has 2 amide bonds. The highest BCUT2D eigenvalue weighted by molar-refractivity contribution is 7.91. The molecule has 0 radical (unpaired) electrons. The summed E-state index contributed by atoms with van der Waals surface area (Å²) in [7, 11) is -3.37. The molecule has 25 nitrogen and oxygen atoms in total. The van der Waals surface area contributed by atoms with Crippen molar-refractivity contribution in [3.63, 3.8) is 0 Å². The van der Waals surface area contributed by atoms with Gasteiger partial charge in [0, 0.05) is 47.5 Å². The van der Waals surface area contributed by atoms with E-state index in [1.54, 1.807) is 83.9 Å². The molecule has 0 saturated heterocycles. The number of esters is 2. The summed E-state index contributed by atoms with van der Waals surface area (Å²) >= 11 is 11.9. The number of aromatic nitrogens is 4. The first-order valence-corrected chi connectivity index (χ1v) is 36.6. The Morgan fingerprint density at radius 1 is 0.755 bits per heavy atom. The molecule has 1 aliphatic carbocycles. The van der Waals surface area contributed by atoms with Gasteiger partial charge in [-0.15, -0.1) is 0 Å². The maximum atomic E-state index is 13.5. The molecule has 6 aromatic carbocycles. The fourth-order valence-electron chi connectivity index (χ4n) is 10.7. The SMILES string of the molecule is CCc1cc(C)cc(CC)c1-c1c(OC(=O)C(C)(C)C)n2n(c1=O)CCOCC2.COC(=O)C(C)Oc1ccc(Oc2ccc(Cl)cc2Cl)cc1.COc1ccccc1C(=O)NS(=O)(=O)c1ccc(C(=O)NC2CC2)cc1.Cc1c(C(=O)c2cnn(C)c2O)ccc(S(C)(=O)=O)c1C1=NOCC1. The summed E-state index contributed by atoms with van der Waals surface area (Å²) in [6.07, 6.45) is 5.68. The van der Waals surface area contributed by atoms with E-state index in [1.165, 1.54) is 80.2 Å². The van der Waals surface area contributed by atoms with Crippen LogP contribution >= 0.6 is 23.2 Å². The first-order chi connectivity index (χ1) is 48.3. The summed E-state index contributed by atoms with van der Waals surface area (Å²) in [4.78, 5) is 79.6. The number of nitrogens with one attached hydrogen (secondary N) is 2.